The Morgan fingerprint density at radius 3 is 2.30 bits per heavy atom. The summed E-state index contributed by atoms with van der Waals surface area (Å²) in [6.07, 6.45) is 0. The van der Waals surface area contributed by atoms with E-state index in [0.29, 0.717) is 22.3 Å². The Labute approximate surface area is 193 Å². The van der Waals surface area contributed by atoms with Crippen molar-refractivity contribution in [3.05, 3.63) is 69.7 Å². The second kappa shape index (κ2) is 11.1. The van der Waals surface area contributed by atoms with Gasteiger partial charge in [-0.25, -0.2) is 0 Å². The third kappa shape index (κ3) is 7.86. The van der Waals surface area contributed by atoms with Gasteiger partial charge in [0.15, 0.2) is 0 Å². The molecule has 1 atom stereocenters. The molecule has 1 unspecified atom stereocenters. The summed E-state index contributed by atoms with van der Waals surface area (Å²) in [5.41, 5.74) is 1.61. The molecule has 0 saturated heterocycles. The van der Waals surface area contributed by atoms with Gasteiger partial charge in [0.25, 0.3) is 0 Å². The zero-order chi connectivity index (χ0) is 22.3. The van der Waals surface area contributed by atoms with Gasteiger partial charge in [-0.05, 0) is 51.0 Å². The fraction of sp³-hybridized carbons (Fsp3) is 0.391. The third-order valence-corrected chi connectivity index (χ3v) is 6.07. The number of nitrogens with one attached hydrogen (secondary N) is 1. The lowest BCUT2D eigenvalue weighted by Crippen LogP contribution is -2.52. The molecule has 0 heterocycles. The lowest BCUT2D eigenvalue weighted by atomic mass is 10.1. The van der Waals surface area contributed by atoms with Crippen LogP contribution in [0.5, 0.6) is 0 Å². The predicted octanol–water partition coefficient (Wildman–Crippen LogP) is 5.56. The zero-order valence-electron chi connectivity index (χ0n) is 17.7. The molecule has 4 nitrogen and oxygen atoms in total. The quantitative estimate of drug-likeness (QED) is 0.553. The summed E-state index contributed by atoms with van der Waals surface area (Å²) in [5, 5.41) is 3.97. The number of amides is 2. The first-order valence-electron chi connectivity index (χ1n) is 9.74. The SMILES string of the molecule is CC(C(=O)NC(C)(C)C)N(Cc1ccccc1)C(=O)CSCc1ccc(Cl)c(Cl)c1. The van der Waals surface area contributed by atoms with Crippen LogP contribution in [0.15, 0.2) is 48.5 Å². The molecule has 0 aliphatic rings. The Balaban J connectivity index is 2.07. The van der Waals surface area contributed by atoms with E-state index in [0.717, 1.165) is 11.1 Å². The van der Waals surface area contributed by atoms with Gasteiger partial charge in [0.1, 0.15) is 6.04 Å². The Kier molecular flexibility index (Phi) is 9.08. The van der Waals surface area contributed by atoms with Crippen molar-refractivity contribution in [3.63, 3.8) is 0 Å². The van der Waals surface area contributed by atoms with Gasteiger partial charge in [0.2, 0.25) is 11.8 Å². The summed E-state index contributed by atoms with van der Waals surface area (Å²) in [7, 11) is 0. The maximum atomic E-state index is 13.0. The molecule has 0 aromatic heterocycles. The first-order valence-corrected chi connectivity index (χ1v) is 11.6. The lowest BCUT2D eigenvalue weighted by Gasteiger charge is -2.31. The number of benzene rings is 2. The smallest absolute Gasteiger partial charge is 0.242 e. The van der Waals surface area contributed by atoms with Crippen molar-refractivity contribution < 1.29 is 9.59 Å². The van der Waals surface area contributed by atoms with Crippen molar-refractivity contribution in [3.8, 4) is 0 Å². The summed E-state index contributed by atoms with van der Waals surface area (Å²) < 4.78 is 0. The van der Waals surface area contributed by atoms with E-state index in [2.05, 4.69) is 5.32 Å². The first-order chi connectivity index (χ1) is 14.1. The van der Waals surface area contributed by atoms with E-state index in [1.54, 1.807) is 17.9 Å². The van der Waals surface area contributed by atoms with Crippen molar-refractivity contribution in [2.75, 3.05) is 5.75 Å². The second-order valence-corrected chi connectivity index (χ2v) is 9.96. The summed E-state index contributed by atoms with van der Waals surface area (Å²) in [4.78, 5) is 27.4. The lowest BCUT2D eigenvalue weighted by molar-refractivity contribution is -0.139. The molecule has 2 rings (SSSR count). The Morgan fingerprint density at radius 2 is 1.70 bits per heavy atom. The average molecular weight is 467 g/mol. The highest BCUT2D eigenvalue weighted by atomic mass is 35.5. The molecule has 30 heavy (non-hydrogen) atoms. The van der Waals surface area contributed by atoms with Gasteiger partial charge >= 0.3 is 0 Å². The maximum Gasteiger partial charge on any atom is 0.242 e. The van der Waals surface area contributed by atoms with Crippen LogP contribution in [0.4, 0.5) is 0 Å². The Morgan fingerprint density at radius 1 is 1.03 bits per heavy atom. The predicted molar refractivity (Wildman–Crippen MR) is 127 cm³/mol. The van der Waals surface area contributed by atoms with Crippen LogP contribution in [-0.4, -0.2) is 34.0 Å². The average Bonchev–Trinajstić information content (AvgIpc) is 2.67. The second-order valence-electron chi connectivity index (χ2n) is 8.16. The summed E-state index contributed by atoms with van der Waals surface area (Å²) in [6.45, 7) is 7.92. The molecule has 2 aromatic carbocycles. The molecule has 0 fully saturated rings. The van der Waals surface area contributed by atoms with Crippen molar-refractivity contribution in [1.29, 1.82) is 0 Å². The molecule has 1 N–H and O–H groups in total. The third-order valence-electron chi connectivity index (χ3n) is 4.34. The normalized spacial score (nSPS) is 12.3. The number of hydrogen-bond donors (Lipinski definition) is 1. The van der Waals surface area contributed by atoms with Crippen LogP contribution in [0.3, 0.4) is 0 Å². The highest BCUT2D eigenvalue weighted by Crippen LogP contribution is 2.25. The van der Waals surface area contributed by atoms with Gasteiger partial charge in [-0.3, -0.25) is 9.59 Å². The van der Waals surface area contributed by atoms with Crippen LogP contribution >= 0.6 is 35.0 Å². The number of carbonyl (C=O) groups excluding carboxylic acids is 2. The summed E-state index contributed by atoms with van der Waals surface area (Å²) in [6, 6.07) is 14.6. The molecule has 2 amide bonds. The van der Waals surface area contributed by atoms with Crippen LogP contribution < -0.4 is 5.32 Å². The van der Waals surface area contributed by atoms with Crippen molar-refractivity contribution in [2.45, 2.75) is 51.6 Å². The summed E-state index contributed by atoms with van der Waals surface area (Å²) >= 11 is 13.5. The van der Waals surface area contributed by atoms with Gasteiger partial charge in [0, 0.05) is 17.8 Å². The molecule has 0 saturated carbocycles. The van der Waals surface area contributed by atoms with Crippen LogP contribution in [0.25, 0.3) is 0 Å². The van der Waals surface area contributed by atoms with Gasteiger partial charge in [0.05, 0.1) is 15.8 Å². The Bertz CT molecular complexity index is 869. The van der Waals surface area contributed by atoms with Crippen molar-refractivity contribution in [1.82, 2.24) is 10.2 Å². The fourth-order valence-electron chi connectivity index (χ4n) is 2.81. The van der Waals surface area contributed by atoms with Crippen LogP contribution in [0.2, 0.25) is 10.0 Å². The van der Waals surface area contributed by atoms with Crippen molar-refractivity contribution in [2.24, 2.45) is 0 Å². The van der Waals surface area contributed by atoms with E-state index < -0.39 is 6.04 Å². The Hall–Kier alpha value is -1.69. The highest BCUT2D eigenvalue weighted by molar-refractivity contribution is 7.99. The largest absolute Gasteiger partial charge is 0.350 e. The first kappa shape index (κ1) is 24.6. The summed E-state index contributed by atoms with van der Waals surface area (Å²) in [5.74, 6) is 0.645. The van der Waals surface area contributed by atoms with E-state index in [1.807, 2.05) is 63.2 Å². The van der Waals surface area contributed by atoms with Gasteiger partial charge in [-0.1, -0.05) is 59.6 Å². The van der Waals surface area contributed by atoms with E-state index in [-0.39, 0.29) is 23.1 Å². The number of rotatable bonds is 8. The monoisotopic (exact) mass is 466 g/mol. The molecular weight excluding hydrogens is 439 g/mol. The topological polar surface area (TPSA) is 49.4 Å². The van der Waals surface area contributed by atoms with Gasteiger partial charge < -0.3 is 10.2 Å². The van der Waals surface area contributed by atoms with E-state index in [4.69, 9.17) is 23.2 Å². The molecule has 162 valence electrons. The number of halogens is 2. The minimum Gasteiger partial charge on any atom is -0.350 e. The molecule has 0 spiro atoms. The van der Waals surface area contributed by atoms with Crippen LogP contribution in [0.1, 0.15) is 38.8 Å². The number of nitrogens with zero attached hydrogens (tertiary/aromatic N) is 1. The molecular formula is C23H28Cl2N2O2S. The zero-order valence-corrected chi connectivity index (χ0v) is 20.1. The van der Waals surface area contributed by atoms with Gasteiger partial charge in [-0.2, -0.15) is 0 Å². The number of hydrogen-bond acceptors (Lipinski definition) is 3. The fourth-order valence-corrected chi connectivity index (χ4v) is 3.98. The molecule has 7 heteroatoms. The molecule has 2 aromatic rings. The molecule has 0 aliphatic carbocycles. The van der Waals surface area contributed by atoms with E-state index >= 15 is 0 Å². The number of thioether (sulfide) groups is 1. The van der Waals surface area contributed by atoms with Crippen LogP contribution in [-0.2, 0) is 21.9 Å². The molecule has 0 bridgehead atoms. The minimum absolute atomic E-state index is 0.0829. The van der Waals surface area contributed by atoms with E-state index in [1.165, 1.54) is 11.8 Å². The molecule has 0 aliphatic heterocycles. The maximum absolute atomic E-state index is 13.0. The highest BCUT2D eigenvalue weighted by Gasteiger charge is 2.28. The van der Waals surface area contributed by atoms with Gasteiger partial charge in [-0.15, -0.1) is 11.8 Å². The van der Waals surface area contributed by atoms with E-state index in [9.17, 15) is 9.59 Å². The molecule has 0 radical (unpaired) electrons. The minimum atomic E-state index is -0.581. The van der Waals surface area contributed by atoms with Crippen molar-refractivity contribution >= 4 is 46.8 Å². The van der Waals surface area contributed by atoms with Crippen LogP contribution in [0, 0.1) is 0 Å². The standard InChI is InChI=1S/C23H28Cl2N2O2S/c1-16(22(29)26-23(2,3)4)27(13-17-8-6-5-7-9-17)21(28)15-30-14-18-10-11-19(24)20(25)12-18/h5-12,16H,13-15H2,1-4H3,(H,26,29). The number of carbonyl (C=O) groups is 2.